The molecule has 0 saturated heterocycles. The quantitative estimate of drug-likeness (QED) is 0.836. The summed E-state index contributed by atoms with van der Waals surface area (Å²) < 4.78 is 26.6. The summed E-state index contributed by atoms with van der Waals surface area (Å²) in [6, 6.07) is 7.83. The molecule has 0 aliphatic heterocycles. The molecule has 2 N–H and O–H groups in total. The van der Waals surface area contributed by atoms with E-state index in [4.69, 9.17) is 17.3 Å². The molecular weight excluding hydrogens is 366 g/mol. The summed E-state index contributed by atoms with van der Waals surface area (Å²) in [6.07, 6.45) is 1.52. The molecule has 5 nitrogen and oxygen atoms in total. The number of benzene rings is 1. The van der Waals surface area contributed by atoms with Gasteiger partial charge in [0, 0.05) is 24.0 Å². The lowest BCUT2D eigenvalue weighted by Crippen LogP contribution is -2.27. The molecule has 0 unspecified atom stereocenters. The first-order valence-electron chi connectivity index (χ1n) is 5.48. The molecule has 0 amide bonds. The van der Waals surface area contributed by atoms with Gasteiger partial charge in [0.05, 0.1) is 4.47 Å². The maximum Gasteiger partial charge on any atom is 0.266 e. The average Bonchev–Trinajstić information content (AvgIpc) is 2.42. The summed E-state index contributed by atoms with van der Waals surface area (Å²) in [7, 11) is -2.39. The van der Waals surface area contributed by atoms with Crippen molar-refractivity contribution in [2.24, 2.45) is 0 Å². The highest BCUT2D eigenvalue weighted by Gasteiger charge is 2.26. The standard InChI is InChI=1S/C12H11BrClN3O2S/c1-17(11-4-2-3-5-16-11)20(18,19)10-7-8(14)6-9(15)12(10)13/h2-7H,15H2,1H3. The smallest absolute Gasteiger partial charge is 0.266 e. The number of hydrogen-bond acceptors (Lipinski definition) is 4. The second-order valence-electron chi connectivity index (χ2n) is 3.97. The lowest BCUT2D eigenvalue weighted by Gasteiger charge is -2.19. The van der Waals surface area contributed by atoms with Crippen molar-refractivity contribution in [3.8, 4) is 0 Å². The predicted molar refractivity (Wildman–Crippen MR) is 83.4 cm³/mol. The molecule has 1 aromatic carbocycles. The Hall–Kier alpha value is -1.31. The first-order chi connectivity index (χ1) is 9.34. The largest absolute Gasteiger partial charge is 0.398 e. The second kappa shape index (κ2) is 5.59. The van der Waals surface area contributed by atoms with Crippen LogP contribution < -0.4 is 10.0 Å². The Morgan fingerprint density at radius 1 is 1.35 bits per heavy atom. The zero-order chi connectivity index (χ0) is 14.9. The van der Waals surface area contributed by atoms with E-state index in [0.717, 1.165) is 4.31 Å². The van der Waals surface area contributed by atoms with Gasteiger partial charge in [-0.1, -0.05) is 17.7 Å². The van der Waals surface area contributed by atoms with Gasteiger partial charge in [-0.25, -0.2) is 13.4 Å². The zero-order valence-electron chi connectivity index (χ0n) is 10.4. The van der Waals surface area contributed by atoms with Crippen molar-refractivity contribution in [1.82, 2.24) is 4.98 Å². The number of halogens is 2. The molecule has 8 heteroatoms. The van der Waals surface area contributed by atoms with Crippen LogP contribution in [-0.4, -0.2) is 20.4 Å². The molecule has 106 valence electrons. The van der Waals surface area contributed by atoms with Crippen LogP contribution in [0.4, 0.5) is 11.5 Å². The maximum absolute atomic E-state index is 12.6. The minimum Gasteiger partial charge on any atom is -0.398 e. The fourth-order valence-electron chi connectivity index (χ4n) is 1.58. The normalized spacial score (nSPS) is 11.3. The molecule has 1 aromatic heterocycles. The van der Waals surface area contributed by atoms with Crippen molar-refractivity contribution in [3.05, 3.63) is 46.0 Å². The van der Waals surface area contributed by atoms with E-state index in [2.05, 4.69) is 20.9 Å². The van der Waals surface area contributed by atoms with Crippen LogP contribution in [0.1, 0.15) is 0 Å². The summed E-state index contributed by atoms with van der Waals surface area (Å²) in [5.74, 6) is 0.304. The van der Waals surface area contributed by atoms with Crippen molar-refractivity contribution in [3.63, 3.8) is 0 Å². The van der Waals surface area contributed by atoms with Crippen LogP contribution in [-0.2, 0) is 10.0 Å². The van der Waals surface area contributed by atoms with Crippen LogP contribution in [0.5, 0.6) is 0 Å². The molecule has 0 aliphatic carbocycles. The van der Waals surface area contributed by atoms with E-state index in [0.29, 0.717) is 5.82 Å². The summed E-state index contributed by atoms with van der Waals surface area (Å²) in [5.41, 5.74) is 5.98. The van der Waals surface area contributed by atoms with Crippen LogP contribution in [0.3, 0.4) is 0 Å². The van der Waals surface area contributed by atoms with Gasteiger partial charge in [0.1, 0.15) is 10.7 Å². The van der Waals surface area contributed by atoms with Gasteiger partial charge in [0.2, 0.25) is 0 Å². The third kappa shape index (κ3) is 2.74. The van der Waals surface area contributed by atoms with Crippen molar-refractivity contribution in [1.29, 1.82) is 0 Å². The first-order valence-corrected chi connectivity index (χ1v) is 8.09. The topological polar surface area (TPSA) is 76.3 Å². The van der Waals surface area contributed by atoms with E-state index in [9.17, 15) is 8.42 Å². The van der Waals surface area contributed by atoms with Gasteiger partial charge in [-0.15, -0.1) is 0 Å². The zero-order valence-corrected chi connectivity index (χ0v) is 13.6. The third-order valence-corrected chi connectivity index (χ3v) is 5.79. The fraction of sp³-hybridized carbons (Fsp3) is 0.0833. The van der Waals surface area contributed by atoms with Gasteiger partial charge >= 0.3 is 0 Å². The van der Waals surface area contributed by atoms with Gasteiger partial charge in [-0.2, -0.15) is 0 Å². The molecule has 0 saturated carbocycles. The minimum absolute atomic E-state index is 0.00402. The molecule has 0 aliphatic rings. The highest BCUT2D eigenvalue weighted by atomic mass is 79.9. The van der Waals surface area contributed by atoms with Gasteiger partial charge in [0.25, 0.3) is 10.0 Å². The second-order valence-corrected chi connectivity index (χ2v) is 7.13. The SMILES string of the molecule is CN(c1ccccn1)S(=O)(=O)c1cc(Cl)cc(N)c1Br. The Bertz CT molecular complexity index is 738. The van der Waals surface area contributed by atoms with E-state index in [-0.39, 0.29) is 20.1 Å². The molecule has 2 rings (SSSR count). The van der Waals surface area contributed by atoms with Gasteiger partial charge in [-0.3, -0.25) is 4.31 Å². The number of anilines is 2. The number of sulfonamides is 1. The number of aromatic nitrogens is 1. The van der Waals surface area contributed by atoms with Crippen molar-refractivity contribution >= 4 is 49.1 Å². The van der Waals surface area contributed by atoms with E-state index in [1.165, 1.54) is 25.4 Å². The van der Waals surface area contributed by atoms with Crippen LogP contribution >= 0.6 is 27.5 Å². The number of rotatable bonds is 3. The Kier molecular flexibility index (Phi) is 4.22. The summed E-state index contributed by atoms with van der Waals surface area (Å²) >= 11 is 9.06. The van der Waals surface area contributed by atoms with Gasteiger partial charge in [0.15, 0.2) is 0 Å². The molecule has 0 atom stereocenters. The lowest BCUT2D eigenvalue weighted by atomic mass is 10.3. The molecule has 0 fully saturated rings. The highest BCUT2D eigenvalue weighted by molar-refractivity contribution is 9.10. The van der Waals surface area contributed by atoms with Gasteiger partial charge in [-0.05, 0) is 40.2 Å². The fourth-order valence-corrected chi connectivity index (χ4v) is 3.99. The molecule has 0 radical (unpaired) electrons. The molecule has 1 heterocycles. The van der Waals surface area contributed by atoms with E-state index in [1.54, 1.807) is 18.2 Å². The van der Waals surface area contributed by atoms with E-state index < -0.39 is 10.0 Å². The Morgan fingerprint density at radius 3 is 2.65 bits per heavy atom. The minimum atomic E-state index is -3.81. The molecule has 20 heavy (non-hydrogen) atoms. The monoisotopic (exact) mass is 375 g/mol. The number of nitrogens with two attached hydrogens (primary N) is 1. The van der Waals surface area contributed by atoms with Gasteiger partial charge < -0.3 is 5.73 Å². The number of nitrogen functional groups attached to an aromatic ring is 1. The van der Waals surface area contributed by atoms with Crippen molar-refractivity contribution in [2.75, 3.05) is 17.1 Å². The predicted octanol–water partition coefficient (Wildman–Crippen LogP) is 2.90. The van der Waals surface area contributed by atoms with E-state index >= 15 is 0 Å². The first kappa shape index (κ1) is 15.1. The number of nitrogens with zero attached hydrogens (tertiary/aromatic N) is 2. The van der Waals surface area contributed by atoms with Crippen LogP contribution in [0.2, 0.25) is 5.02 Å². The lowest BCUT2D eigenvalue weighted by molar-refractivity contribution is 0.593. The summed E-state index contributed by atoms with van der Waals surface area (Å²) in [6.45, 7) is 0. The third-order valence-electron chi connectivity index (χ3n) is 2.64. The van der Waals surface area contributed by atoms with Crippen molar-refractivity contribution in [2.45, 2.75) is 4.90 Å². The molecule has 0 spiro atoms. The average molecular weight is 377 g/mol. The number of pyridine rings is 1. The Morgan fingerprint density at radius 2 is 2.05 bits per heavy atom. The van der Waals surface area contributed by atoms with E-state index in [1.807, 2.05) is 0 Å². The Labute approximate surface area is 130 Å². The molecular formula is C12H11BrClN3O2S. The molecule has 0 bridgehead atoms. The van der Waals surface area contributed by atoms with Crippen LogP contribution in [0.15, 0.2) is 45.9 Å². The summed E-state index contributed by atoms with van der Waals surface area (Å²) in [4.78, 5) is 4.01. The summed E-state index contributed by atoms with van der Waals surface area (Å²) in [5, 5.41) is 0.249. The Balaban J connectivity index is 2.57. The maximum atomic E-state index is 12.6. The van der Waals surface area contributed by atoms with Crippen molar-refractivity contribution < 1.29 is 8.42 Å². The molecule has 2 aromatic rings. The number of hydrogen-bond donors (Lipinski definition) is 1. The van der Waals surface area contributed by atoms with Crippen LogP contribution in [0, 0.1) is 0 Å². The van der Waals surface area contributed by atoms with Crippen LogP contribution in [0.25, 0.3) is 0 Å². The highest BCUT2D eigenvalue weighted by Crippen LogP contribution is 2.33.